The summed E-state index contributed by atoms with van der Waals surface area (Å²) in [6.45, 7) is -0.295. The van der Waals surface area contributed by atoms with Gasteiger partial charge in [-0.3, -0.25) is 4.39 Å². The number of unbranched alkanes of at least 4 members (excludes halogenated alkanes) is 7. The number of phenols is 1. The number of halogens is 5. The van der Waals surface area contributed by atoms with Crippen LogP contribution in [-0.4, -0.2) is 11.8 Å². The molecule has 0 unspecified atom stereocenters. The van der Waals surface area contributed by atoms with Gasteiger partial charge in [0.15, 0.2) is 17.4 Å². The fourth-order valence-corrected chi connectivity index (χ4v) is 2.34. The molecule has 0 heterocycles. The van der Waals surface area contributed by atoms with Gasteiger partial charge in [0, 0.05) is 5.56 Å². The van der Waals surface area contributed by atoms with Gasteiger partial charge in [0.2, 0.25) is 11.6 Å². The Morgan fingerprint density at radius 3 is 1.45 bits per heavy atom. The van der Waals surface area contributed by atoms with Crippen molar-refractivity contribution in [1.29, 1.82) is 0 Å². The predicted octanol–water partition coefficient (Wildman–Crippen LogP) is 5.58. The molecule has 0 bridgehead atoms. The highest BCUT2D eigenvalue weighted by molar-refractivity contribution is 5.33. The molecule has 6 heteroatoms. The Morgan fingerprint density at radius 2 is 1.00 bits per heavy atom. The lowest BCUT2D eigenvalue weighted by Gasteiger charge is -2.08. The maximum absolute atomic E-state index is 13.5. The van der Waals surface area contributed by atoms with Crippen molar-refractivity contribution >= 4 is 0 Å². The van der Waals surface area contributed by atoms with Gasteiger partial charge in [0.1, 0.15) is 0 Å². The molecule has 0 radical (unpaired) electrons. The lowest BCUT2D eigenvalue weighted by molar-refractivity contribution is 0.350. The van der Waals surface area contributed by atoms with Gasteiger partial charge in [-0.2, -0.15) is 8.78 Å². The second-order valence-corrected chi connectivity index (χ2v) is 5.35. The molecule has 1 aromatic carbocycles. The number of rotatable bonds is 10. The van der Waals surface area contributed by atoms with Crippen LogP contribution in [0.25, 0.3) is 0 Å². The summed E-state index contributed by atoms with van der Waals surface area (Å²) in [6, 6.07) is 0. The van der Waals surface area contributed by atoms with Crippen LogP contribution in [0.4, 0.5) is 22.0 Å². The van der Waals surface area contributed by atoms with E-state index in [1.807, 2.05) is 0 Å². The van der Waals surface area contributed by atoms with Gasteiger partial charge in [-0.1, -0.05) is 38.5 Å². The molecule has 1 rings (SSSR count). The second-order valence-electron chi connectivity index (χ2n) is 5.35. The molecular weight excluding hydrogens is 303 g/mol. The highest BCUT2D eigenvalue weighted by Crippen LogP contribution is 2.29. The average molecular weight is 324 g/mol. The van der Waals surface area contributed by atoms with Crippen LogP contribution in [0.3, 0.4) is 0 Å². The van der Waals surface area contributed by atoms with Crippen LogP contribution in [0.5, 0.6) is 5.75 Å². The molecule has 0 fully saturated rings. The first kappa shape index (κ1) is 18.7. The minimum atomic E-state index is -1.75. The number of hydrogen-bond donors (Lipinski definition) is 1. The first-order chi connectivity index (χ1) is 10.5. The van der Waals surface area contributed by atoms with Crippen molar-refractivity contribution in [2.45, 2.75) is 57.8 Å². The lowest BCUT2D eigenvalue weighted by atomic mass is 10.0. The fraction of sp³-hybridized carbons (Fsp3) is 0.625. The summed E-state index contributed by atoms with van der Waals surface area (Å²) in [6.07, 6.45) is 6.14. The largest absolute Gasteiger partial charge is 0.503 e. The Morgan fingerprint density at radius 1 is 0.591 bits per heavy atom. The highest BCUT2D eigenvalue weighted by Gasteiger charge is 2.24. The van der Waals surface area contributed by atoms with Crippen LogP contribution in [0.1, 0.15) is 56.9 Å². The topological polar surface area (TPSA) is 20.2 Å². The second kappa shape index (κ2) is 9.64. The zero-order chi connectivity index (χ0) is 16.5. The summed E-state index contributed by atoms with van der Waals surface area (Å²) < 4.78 is 65.1. The van der Waals surface area contributed by atoms with E-state index >= 15 is 0 Å². The first-order valence-corrected chi connectivity index (χ1v) is 7.60. The third-order valence-electron chi connectivity index (χ3n) is 3.64. The minimum absolute atomic E-state index is 0.117. The predicted molar refractivity (Wildman–Crippen MR) is 74.6 cm³/mol. The van der Waals surface area contributed by atoms with Crippen LogP contribution in [-0.2, 0) is 6.42 Å². The van der Waals surface area contributed by atoms with Crippen molar-refractivity contribution in [3.63, 3.8) is 0 Å². The number of aromatic hydroxyl groups is 1. The number of hydrogen-bond acceptors (Lipinski definition) is 1. The van der Waals surface area contributed by atoms with Crippen molar-refractivity contribution in [3.8, 4) is 5.75 Å². The third kappa shape index (κ3) is 5.14. The van der Waals surface area contributed by atoms with Gasteiger partial charge in [0.25, 0.3) is 0 Å². The Balaban J connectivity index is 2.34. The maximum atomic E-state index is 13.5. The summed E-state index contributed by atoms with van der Waals surface area (Å²) in [5.74, 6) is -8.17. The SMILES string of the molecule is Oc1c(F)c(F)c(CCCCCCCCCCF)c(F)c1F. The quantitative estimate of drug-likeness (QED) is 0.338. The highest BCUT2D eigenvalue weighted by atomic mass is 19.2. The third-order valence-corrected chi connectivity index (χ3v) is 3.64. The van der Waals surface area contributed by atoms with E-state index in [4.69, 9.17) is 5.11 Å². The summed E-state index contributed by atoms with van der Waals surface area (Å²) in [7, 11) is 0. The van der Waals surface area contributed by atoms with E-state index in [9.17, 15) is 22.0 Å². The van der Waals surface area contributed by atoms with Crippen molar-refractivity contribution in [2.75, 3.05) is 6.67 Å². The van der Waals surface area contributed by atoms with Crippen LogP contribution in [0.15, 0.2) is 0 Å². The fourth-order valence-electron chi connectivity index (χ4n) is 2.34. The molecule has 0 aliphatic rings. The molecule has 0 saturated carbocycles. The van der Waals surface area contributed by atoms with Crippen LogP contribution in [0, 0.1) is 23.3 Å². The molecule has 1 aromatic rings. The monoisotopic (exact) mass is 324 g/mol. The van der Waals surface area contributed by atoms with Gasteiger partial charge in [-0.05, 0) is 19.3 Å². The molecule has 0 aromatic heterocycles. The smallest absolute Gasteiger partial charge is 0.203 e. The molecule has 0 atom stereocenters. The van der Waals surface area contributed by atoms with Crippen LogP contribution in [0.2, 0.25) is 0 Å². The summed E-state index contributed by atoms with van der Waals surface area (Å²) >= 11 is 0. The minimum Gasteiger partial charge on any atom is -0.503 e. The number of phenolic OH excluding ortho intramolecular Hbond substituents is 1. The van der Waals surface area contributed by atoms with E-state index < -0.39 is 34.6 Å². The van der Waals surface area contributed by atoms with Crippen molar-refractivity contribution in [3.05, 3.63) is 28.8 Å². The van der Waals surface area contributed by atoms with E-state index in [1.165, 1.54) is 0 Å². The first-order valence-electron chi connectivity index (χ1n) is 7.60. The summed E-state index contributed by atoms with van der Waals surface area (Å²) in [5.41, 5.74) is -0.657. The van der Waals surface area contributed by atoms with Gasteiger partial charge in [0.05, 0.1) is 6.67 Å². The molecular formula is C16H21F5O. The molecule has 126 valence electrons. The van der Waals surface area contributed by atoms with E-state index in [-0.39, 0.29) is 13.1 Å². The molecule has 0 spiro atoms. The zero-order valence-electron chi connectivity index (χ0n) is 12.4. The molecule has 1 N–H and O–H groups in total. The van der Waals surface area contributed by atoms with Crippen molar-refractivity contribution in [1.82, 2.24) is 0 Å². The van der Waals surface area contributed by atoms with E-state index in [0.717, 1.165) is 32.1 Å². The van der Waals surface area contributed by atoms with E-state index in [0.29, 0.717) is 19.3 Å². The molecule has 1 nitrogen and oxygen atoms in total. The van der Waals surface area contributed by atoms with Gasteiger partial charge in [-0.25, -0.2) is 8.78 Å². The van der Waals surface area contributed by atoms with Crippen LogP contribution >= 0.6 is 0 Å². The number of benzene rings is 1. The van der Waals surface area contributed by atoms with Crippen molar-refractivity contribution in [2.24, 2.45) is 0 Å². The molecule has 0 aliphatic heterocycles. The Bertz CT molecular complexity index is 447. The van der Waals surface area contributed by atoms with E-state index in [2.05, 4.69) is 0 Å². The zero-order valence-corrected chi connectivity index (χ0v) is 12.4. The Kier molecular flexibility index (Phi) is 8.20. The normalized spacial score (nSPS) is 11.1. The summed E-state index contributed by atoms with van der Waals surface area (Å²) in [4.78, 5) is 0. The van der Waals surface area contributed by atoms with Gasteiger partial charge in [-0.15, -0.1) is 0 Å². The standard InChI is InChI=1S/C16H21F5O/c17-10-8-6-4-2-1-3-5-7-9-11-12(18)14(20)16(22)15(21)13(11)19/h22H,1-10H2. The Hall–Kier alpha value is -1.33. The molecule has 22 heavy (non-hydrogen) atoms. The molecule has 0 aliphatic carbocycles. The molecule has 0 amide bonds. The molecule has 0 saturated heterocycles. The van der Waals surface area contributed by atoms with Gasteiger partial charge < -0.3 is 5.11 Å². The average Bonchev–Trinajstić information content (AvgIpc) is 2.52. The van der Waals surface area contributed by atoms with Crippen LogP contribution < -0.4 is 0 Å². The lowest BCUT2D eigenvalue weighted by Crippen LogP contribution is -2.04. The van der Waals surface area contributed by atoms with Crippen molar-refractivity contribution < 1.29 is 27.1 Å². The Labute approximate surface area is 127 Å². The summed E-state index contributed by atoms with van der Waals surface area (Å²) in [5, 5.41) is 8.87. The number of alkyl halides is 1. The maximum Gasteiger partial charge on any atom is 0.203 e. The van der Waals surface area contributed by atoms with Gasteiger partial charge >= 0.3 is 0 Å². The van der Waals surface area contributed by atoms with E-state index in [1.54, 1.807) is 0 Å².